The first-order valence-corrected chi connectivity index (χ1v) is 8.25. The molecule has 1 heterocycles. The van der Waals surface area contributed by atoms with Crippen LogP contribution in [0.2, 0.25) is 0 Å². The molecule has 0 bridgehead atoms. The summed E-state index contributed by atoms with van der Waals surface area (Å²) in [5, 5.41) is 12.5. The van der Waals surface area contributed by atoms with E-state index in [1.807, 2.05) is 7.05 Å². The van der Waals surface area contributed by atoms with Crippen molar-refractivity contribution in [3.05, 3.63) is 0 Å². The largest absolute Gasteiger partial charge is 0.308 e. The molecule has 0 aromatic rings. The Morgan fingerprint density at radius 3 is 2.14 bits per heavy atom. The molecule has 0 saturated carbocycles. The van der Waals surface area contributed by atoms with E-state index in [0.717, 1.165) is 32.4 Å². The topological polar surface area (TPSA) is 45.5 Å². The van der Waals surface area contributed by atoms with Crippen molar-refractivity contribution in [2.24, 2.45) is 0 Å². The van der Waals surface area contributed by atoms with Gasteiger partial charge in [0.15, 0.2) is 0 Å². The van der Waals surface area contributed by atoms with Gasteiger partial charge >= 0.3 is 0 Å². The van der Waals surface area contributed by atoms with Crippen LogP contribution in [0.1, 0.15) is 26.2 Å². The molecule has 0 spiro atoms. The Morgan fingerprint density at radius 1 is 1.14 bits per heavy atom. The van der Waals surface area contributed by atoms with E-state index in [2.05, 4.69) is 47.1 Å². The summed E-state index contributed by atoms with van der Waals surface area (Å²) in [6.45, 7) is 10.2. The zero-order chi connectivity index (χ0) is 15.7. The molecular formula is C16H33N5. The second kappa shape index (κ2) is 9.37. The SMILES string of the molecule is CCC(C#N)(CCCN1CCN(CCN(C)C)CC1)NC. The van der Waals surface area contributed by atoms with E-state index in [1.165, 1.54) is 32.7 Å². The molecule has 122 valence electrons. The summed E-state index contributed by atoms with van der Waals surface area (Å²) >= 11 is 0. The zero-order valence-corrected chi connectivity index (χ0v) is 14.4. The number of nitrogens with zero attached hydrogens (tertiary/aromatic N) is 4. The van der Waals surface area contributed by atoms with Gasteiger partial charge in [-0.15, -0.1) is 0 Å². The molecule has 1 N–H and O–H groups in total. The van der Waals surface area contributed by atoms with Gasteiger partial charge in [0.2, 0.25) is 0 Å². The molecule has 1 saturated heterocycles. The number of likely N-dealkylation sites (N-methyl/N-ethyl adjacent to an activating group) is 1. The first-order valence-electron chi connectivity index (χ1n) is 8.25. The molecule has 0 radical (unpaired) electrons. The Bertz CT molecular complexity index is 311. The molecular weight excluding hydrogens is 262 g/mol. The number of nitrogens with one attached hydrogen (secondary N) is 1. The van der Waals surface area contributed by atoms with Gasteiger partial charge in [0, 0.05) is 39.3 Å². The van der Waals surface area contributed by atoms with Crippen LogP contribution in [0.5, 0.6) is 0 Å². The van der Waals surface area contributed by atoms with Crippen molar-refractivity contribution in [3.63, 3.8) is 0 Å². The molecule has 0 amide bonds. The summed E-state index contributed by atoms with van der Waals surface area (Å²) in [4.78, 5) is 7.34. The number of piperazine rings is 1. The number of hydrogen-bond acceptors (Lipinski definition) is 5. The molecule has 1 atom stereocenters. The molecule has 0 aromatic carbocycles. The van der Waals surface area contributed by atoms with Gasteiger partial charge in [0.1, 0.15) is 5.54 Å². The van der Waals surface area contributed by atoms with Crippen LogP contribution in [0.15, 0.2) is 0 Å². The Labute approximate surface area is 130 Å². The molecule has 5 nitrogen and oxygen atoms in total. The first-order chi connectivity index (χ1) is 10.0. The number of hydrogen-bond donors (Lipinski definition) is 1. The lowest BCUT2D eigenvalue weighted by Gasteiger charge is -2.35. The van der Waals surface area contributed by atoms with Crippen LogP contribution in [0.3, 0.4) is 0 Å². The molecule has 21 heavy (non-hydrogen) atoms. The molecule has 1 aliphatic heterocycles. The fraction of sp³-hybridized carbons (Fsp3) is 0.938. The summed E-state index contributed by atoms with van der Waals surface area (Å²) < 4.78 is 0. The van der Waals surface area contributed by atoms with Gasteiger partial charge in [0.05, 0.1) is 6.07 Å². The summed E-state index contributed by atoms with van der Waals surface area (Å²) in [7, 11) is 6.16. The smallest absolute Gasteiger partial charge is 0.106 e. The molecule has 5 heteroatoms. The number of nitriles is 1. The van der Waals surface area contributed by atoms with Gasteiger partial charge < -0.3 is 15.1 Å². The van der Waals surface area contributed by atoms with E-state index < -0.39 is 0 Å². The maximum absolute atomic E-state index is 9.32. The highest BCUT2D eigenvalue weighted by molar-refractivity contribution is 5.05. The highest BCUT2D eigenvalue weighted by Crippen LogP contribution is 2.16. The quantitative estimate of drug-likeness (QED) is 0.683. The van der Waals surface area contributed by atoms with E-state index >= 15 is 0 Å². The van der Waals surface area contributed by atoms with Crippen molar-refractivity contribution in [1.29, 1.82) is 5.26 Å². The van der Waals surface area contributed by atoms with Crippen molar-refractivity contribution in [2.45, 2.75) is 31.7 Å². The van der Waals surface area contributed by atoms with Crippen LogP contribution in [0.4, 0.5) is 0 Å². The van der Waals surface area contributed by atoms with Crippen molar-refractivity contribution >= 4 is 0 Å². The average molecular weight is 295 g/mol. The highest BCUT2D eigenvalue weighted by atomic mass is 15.3. The molecule has 1 unspecified atom stereocenters. The molecule has 1 aliphatic rings. The summed E-state index contributed by atoms with van der Waals surface area (Å²) in [6, 6.07) is 2.44. The minimum absolute atomic E-state index is 0.326. The molecule has 0 aliphatic carbocycles. The normalized spacial score (nSPS) is 20.4. The van der Waals surface area contributed by atoms with Gasteiger partial charge in [-0.2, -0.15) is 5.26 Å². The lowest BCUT2D eigenvalue weighted by atomic mass is 9.92. The molecule has 0 aromatic heterocycles. The van der Waals surface area contributed by atoms with Crippen LogP contribution in [0, 0.1) is 11.3 Å². The maximum atomic E-state index is 9.32. The molecule has 1 rings (SSSR count). The van der Waals surface area contributed by atoms with Crippen LogP contribution < -0.4 is 5.32 Å². The van der Waals surface area contributed by atoms with Gasteiger partial charge in [0.25, 0.3) is 0 Å². The van der Waals surface area contributed by atoms with Gasteiger partial charge in [-0.05, 0) is 47.0 Å². The fourth-order valence-corrected chi connectivity index (χ4v) is 2.85. The van der Waals surface area contributed by atoms with Crippen LogP contribution in [0.25, 0.3) is 0 Å². The molecule has 1 fully saturated rings. The average Bonchev–Trinajstić information content (AvgIpc) is 2.51. The Hall–Kier alpha value is -0.670. The van der Waals surface area contributed by atoms with E-state index in [4.69, 9.17) is 0 Å². The van der Waals surface area contributed by atoms with Crippen LogP contribution >= 0.6 is 0 Å². The predicted octanol–water partition coefficient (Wildman–Crippen LogP) is 0.838. The second-order valence-electron chi connectivity index (χ2n) is 6.39. The summed E-state index contributed by atoms with van der Waals surface area (Å²) in [6.07, 6.45) is 2.91. The standard InChI is InChI=1S/C16H33N5/c1-5-16(15-17,18-2)7-6-8-20-11-13-21(14-12-20)10-9-19(3)4/h18H,5-14H2,1-4H3. The van der Waals surface area contributed by atoms with E-state index in [-0.39, 0.29) is 5.54 Å². The van der Waals surface area contributed by atoms with Crippen molar-refractivity contribution in [3.8, 4) is 6.07 Å². The summed E-state index contributed by atoms with van der Waals surface area (Å²) in [5.74, 6) is 0. The minimum atomic E-state index is -0.326. The Kier molecular flexibility index (Phi) is 8.20. The van der Waals surface area contributed by atoms with Crippen molar-refractivity contribution in [2.75, 3.05) is 67.0 Å². The Morgan fingerprint density at radius 2 is 1.71 bits per heavy atom. The zero-order valence-electron chi connectivity index (χ0n) is 14.4. The Balaban J connectivity index is 2.20. The lowest BCUT2D eigenvalue weighted by Crippen LogP contribution is -2.48. The van der Waals surface area contributed by atoms with Crippen molar-refractivity contribution < 1.29 is 0 Å². The van der Waals surface area contributed by atoms with Crippen LogP contribution in [-0.2, 0) is 0 Å². The lowest BCUT2D eigenvalue weighted by molar-refractivity contribution is 0.122. The third-order valence-electron chi connectivity index (χ3n) is 4.70. The highest BCUT2D eigenvalue weighted by Gasteiger charge is 2.25. The van der Waals surface area contributed by atoms with Gasteiger partial charge in [-0.3, -0.25) is 4.90 Å². The monoisotopic (exact) mass is 295 g/mol. The summed E-state index contributed by atoms with van der Waals surface area (Å²) in [5.41, 5.74) is -0.326. The third-order valence-corrected chi connectivity index (χ3v) is 4.70. The fourth-order valence-electron chi connectivity index (χ4n) is 2.85. The predicted molar refractivity (Wildman–Crippen MR) is 88.4 cm³/mol. The van der Waals surface area contributed by atoms with Gasteiger partial charge in [-0.25, -0.2) is 0 Å². The maximum Gasteiger partial charge on any atom is 0.106 e. The third kappa shape index (κ3) is 6.31. The van der Waals surface area contributed by atoms with Crippen molar-refractivity contribution in [1.82, 2.24) is 20.0 Å². The van der Waals surface area contributed by atoms with Crippen LogP contribution in [-0.4, -0.2) is 87.2 Å². The van der Waals surface area contributed by atoms with E-state index in [1.54, 1.807) is 0 Å². The second-order valence-corrected chi connectivity index (χ2v) is 6.39. The van der Waals surface area contributed by atoms with E-state index in [9.17, 15) is 5.26 Å². The number of rotatable bonds is 9. The van der Waals surface area contributed by atoms with Gasteiger partial charge in [-0.1, -0.05) is 6.92 Å². The first kappa shape index (κ1) is 18.4. The van der Waals surface area contributed by atoms with E-state index in [0.29, 0.717) is 0 Å². The minimum Gasteiger partial charge on any atom is -0.308 e.